The van der Waals surface area contributed by atoms with Gasteiger partial charge < -0.3 is 11.1 Å². The maximum atomic E-state index is 5.63. The summed E-state index contributed by atoms with van der Waals surface area (Å²) in [4.78, 5) is 0. The van der Waals surface area contributed by atoms with Crippen molar-refractivity contribution in [2.24, 2.45) is 11.7 Å². The van der Waals surface area contributed by atoms with Gasteiger partial charge in [-0.2, -0.15) is 0 Å². The highest BCUT2D eigenvalue weighted by Gasteiger charge is 2.18. The second kappa shape index (κ2) is 6.38. The number of benzene rings is 1. The van der Waals surface area contributed by atoms with Gasteiger partial charge in [0.15, 0.2) is 0 Å². The summed E-state index contributed by atoms with van der Waals surface area (Å²) >= 11 is 3.53. The molecule has 3 heteroatoms. The summed E-state index contributed by atoms with van der Waals surface area (Å²) in [5.41, 5.74) is 8.32. The molecule has 0 amide bonds. The molecule has 0 heterocycles. The van der Waals surface area contributed by atoms with Crippen molar-refractivity contribution in [2.45, 2.75) is 26.3 Å². The highest BCUT2D eigenvalue weighted by Crippen LogP contribution is 2.28. The van der Waals surface area contributed by atoms with Crippen LogP contribution in [0.5, 0.6) is 0 Å². The number of nitrogens with two attached hydrogens (primary N) is 1. The van der Waals surface area contributed by atoms with Crippen LogP contribution in [0.3, 0.4) is 0 Å². The molecule has 0 spiro atoms. The molecular weight excluding hydrogens is 264 g/mol. The fraction of sp³-hybridized carbons (Fsp3) is 0.538. The minimum absolute atomic E-state index is 0.376. The highest BCUT2D eigenvalue weighted by atomic mass is 79.9. The molecule has 1 aromatic rings. The summed E-state index contributed by atoms with van der Waals surface area (Å²) in [7, 11) is 2.01. The van der Waals surface area contributed by atoms with E-state index >= 15 is 0 Å². The van der Waals surface area contributed by atoms with Gasteiger partial charge in [-0.15, -0.1) is 0 Å². The van der Waals surface area contributed by atoms with Crippen molar-refractivity contribution in [1.29, 1.82) is 0 Å². The predicted molar refractivity (Wildman–Crippen MR) is 73.5 cm³/mol. The molecule has 1 aromatic carbocycles. The topological polar surface area (TPSA) is 38.0 Å². The molecule has 0 radical (unpaired) electrons. The van der Waals surface area contributed by atoms with Gasteiger partial charge in [-0.05, 0) is 56.1 Å². The van der Waals surface area contributed by atoms with Crippen LogP contribution < -0.4 is 11.1 Å². The zero-order valence-electron chi connectivity index (χ0n) is 10.3. The average Bonchev–Trinajstić information content (AvgIpc) is 2.24. The van der Waals surface area contributed by atoms with Crippen LogP contribution in [0.25, 0.3) is 0 Å². The summed E-state index contributed by atoms with van der Waals surface area (Å²) in [6, 6.07) is 6.81. The molecule has 0 aliphatic rings. The Balaban J connectivity index is 2.98. The molecule has 0 aliphatic heterocycles. The van der Waals surface area contributed by atoms with E-state index < -0.39 is 0 Å². The Morgan fingerprint density at radius 1 is 1.44 bits per heavy atom. The Kier molecular flexibility index (Phi) is 5.46. The molecule has 16 heavy (non-hydrogen) atoms. The van der Waals surface area contributed by atoms with Gasteiger partial charge in [-0.1, -0.05) is 28.9 Å². The molecule has 0 fully saturated rings. The van der Waals surface area contributed by atoms with E-state index in [4.69, 9.17) is 5.73 Å². The second-order valence-electron chi connectivity index (χ2n) is 4.32. The minimum atomic E-state index is 0.376. The van der Waals surface area contributed by atoms with Crippen molar-refractivity contribution in [3.8, 4) is 0 Å². The molecule has 0 aromatic heterocycles. The molecular formula is C13H21BrN2. The van der Waals surface area contributed by atoms with E-state index in [9.17, 15) is 0 Å². The van der Waals surface area contributed by atoms with Crippen LogP contribution in [-0.4, -0.2) is 13.6 Å². The van der Waals surface area contributed by atoms with E-state index in [0.29, 0.717) is 12.0 Å². The van der Waals surface area contributed by atoms with Crippen molar-refractivity contribution in [2.75, 3.05) is 13.6 Å². The van der Waals surface area contributed by atoms with Crippen LogP contribution in [0, 0.1) is 12.8 Å². The normalized spacial score (nSPS) is 14.8. The van der Waals surface area contributed by atoms with E-state index in [0.717, 1.165) is 17.4 Å². The van der Waals surface area contributed by atoms with Crippen molar-refractivity contribution in [1.82, 2.24) is 5.32 Å². The van der Waals surface area contributed by atoms with Gasteiger partial charge >= 0.3 is 0 Å². The van der Waals surface area contributed by atoms with Gasteiger partial charge in [-0.25, -0.2) is 0 Å². The van der Waals surface area contributed by atoms with Gasteiger partial charge in [0, 0.05) is 10.5 Å². The molecule has 2 atom stereocenters. The van der Waals surface area contributed by atoms with E-state index in [1.807, 2.05) is 7.05 Å². The fourth-order valence-electron chi connectivity index (χ4n) is 2.12. The number of rotatable bonds is 5. The molecule has 2 nitrogen and oxygen atoms in total. The van der Waals surface area contributed by atoms with Gasteiger partial charge in [0.1, 0.15) is 0 Å². The number of nitrogens with one attached hydrogen (secondary N) is 1. The van der Waals surface area contributed by atoms with Crippen LogP contribution >= 0.6 is 15.9 Å². The fourth-order valence-corrected chi connectivity index (χ4v) is 2.50. The summed E-state index contributed by atoms with van der Waals surface area (Å²) in [5.74, 6) is 0.544. The van der Waals surface area contributed by atoms with Gasteiger partial charge in [0.25, 0.3) is 0 Å². The Morgan fingerprint density at radius 3 is 2.69 bits per heavy atom. The molecule has 3 N–H and O–H groups in total. The van der Waals surface area contributed by atoms with E-state index in [2.05, 4.69) is 53.3 Å². The number of halogens is 1. The van der Waals surface area contributed by atoms with Crippen LogP contribution in [0.15, 0.2) is 22.7 Å². The summed E-state index contributed by atoms with van der Waals surface area (Å²) < 4.78 is 1.13. The lowest BCUT2D eigenvalue weighted by molar-refractivity contribution is 0.390. The SMILES string of the molecule is CNC(c1cc(Br)ccc1C)C(C)CCN. The summed E-state index contributed by atoms with van der Waals surface area (Å²) in [5, 5.41) is 3.39. The number of hydrogen-bond donors (Lipinski definition) is 2. The van der Waals surface area contributed by atoms with E-state index in [1.165, 1.54) is 11.1 Å². The van der Waals surface area contributed by atoms with Crippen LogP contribution in [0.4, 0.5) is 0 Å². The van der Waals surface area contributed by atoms with Gasteiger partial charge in [-0.3, -0.25) is 0 Å². The Hall–Kier alpha value is -0.380. The predicted octanol–water partition coefficient (Wildman–Crippen LogP) is 3.00. The molecule has 1 rings (SSSR count). The van der Waals surface area contributed by atoms with E-state index in [-0.39, 0.29) is 0 Å². The summed E-state index contributed by atoms with van der Waals surface area (Å²) in [6.45, 7) is 5.14. The van der Waals surface area contributed by atoms with Crippen LogP contribution in [-0.2, 0) is 0 Å². The number of aryl methyl sites for hydroxylation is 1. The molecule has 0 saturated heterocycles. The molecule has 0 aliphatic carbocycles. The monoisotopic (exact) mass is 284 g/mol. The third kappa shape index (κ3) is 3.30. The standard InChI is InChI=1S/C13H21BrN2/c1-9-4-5-11(14)8-12(9)13(16-3)10(2)6-7-15/h4-5,8,10,13,16H,6-7,15H2,1-3H3. The maximum Gasteiger partial charge on any atom is 0.0347 e. The first-order valence-corrected chi connectivity index (χ1v) is 6.52. The van der Waals surface area contributed by atoms with Gasteiger partial charge in [0.2, 0.25) is 0 Å². The third-order valence-corrected chi connectivity index (χ3v) is 3.57. The minimum Gasteiger partial charge on any atom is -0.330 e. The number of hydrogen-bond acceptors (Lipinski definition) is 2. The Morgan fingerprint density at radius 2 is 2.12 bits per heavy atom. The Labute approximate surface area is 107 Å². The maximum absolute atomic E-state index is 5.63. The zero-order valence-corrected chi connectivity index (χ0v) is 11.8. The third-order valence-electron chi connectivity index (χ3n) is 3.08. The lowest BCUT2D eigenvalue weighted by Crippen LogP contribution is -2.26. The zero-order chi connectivity index (χ0) is 12.1. The molecule has 90 valence electrons. The van der Waals surface area contributed by atoms with Crippen molar-refractivity contribution in [3.05, 3.63) is 33.8 Å². The van der Waals surface area contributed by atoms with Crippen LogP contribution in [0.2, 0.25) is 0 Å². The summed E-state index contributed by atoms with van der Waals surface area (Å²) in [6.07, 6.45) is 1.04. The van der Waals surface area contributed by atoms with Crippen LogP contribution in [0.1, 0.15) is 30.5 Å². The van der Waals surface area contributed by atoms with Gasteiger partial charge in [0.05, 0.1) is 0 Å². The average molecular weight is 285 g/mol. The first-order valence-electron chi connectivity index (χ1n) is 5.73. The van der Waals surface area contributed by atoms with Crippen molar-refractivity contribution >= 4 is 15.9 Å². The van der Waals surface area contributed by atoms with Crippen molar-refractivity contribution < 1.29 is 0 Å². The lowest BCUT2D eigenvalue weighted by Gasteiger charge is -2.25. The molecule has 2 unspecified atom stereocenters. The van der Waals surface area contributed by atoms with Crippen molar-refractivity contribution in [3.63, 3.8) is 0 Å². The smallest absolute Gasteiger partial charge is 0.0347 e. The molecule has 0 bridgehead atoms. The first kappa shape index (κ1) is 13.7. The second-order valence-corrected chi connectivity index (χ2v) is 5.24. The molecule has 0 saturated carbocycles. The highest BCUT2D eigenvalue weighted by molar-refractivity contribution is 9.10. The first-order chi connectivity index (χ1) is 7.60. The van der Waals surface area contributed by atoms with E-state index in [1.54, 1.807) is 0 Å². The Bertz CT molecular complexity index is 339. The largest absolute Gasteiger partial charge is 0.330 e. The lowest BCUT2D eigenvalue weighted by atomic mass is 9.89. The quantitative estimate of drug-likeness (QED) is 0.872.